The molecular formula is C12H19Cl2N3O. The average molecular weight is 292 g/mol. The summed E-state index contributed by atoms with van der Waals surface area (Å²) < 4.78 is 5.06. The summed E-state index contributed by atoms with van der Waals surface area (Å²) in [6.07, 6.45) is 1.00. The Bertz CT molecular complexity index is 388. The van der Waals surface area contributed by atoms with E-state index in [4.69, 9.17) is 27.9 Å². The zero-order valence-electron chi connectivity index (χ0n) is 10.9. The summed E-state index contributed by atoms with van der Waals surface area (Å²) in [5.74, 6) is 1.26. The zero-order valence-corrected chi connectivity index (χ0v) is 12.4. The smallest absolute Gasteiger partial charge is 0.147 e. The molecule has 18 heavy (non-hydrogen) atoms. The van der Waals surface area contributed by atoms with Gasteiger partial charge >= 0.3 is 0 Å². The fourth-order valence-corrected chi connectivity index (χ4v) is 1.94. The minimum Gasteiger partial charge on any atom is -0.383 e. The summed E-state index contributed by atoms with van der Waals surface area (Å²) in [6.45, 7) is 5.48. The number of pyridine rings is 1. The van der Waals surface area contributed by atoms with E-state index in [2.05, 4.69) is 22.5 Å². The van der Waals surface area contributed by atoms with E-state index in [9.17, 15) is 0 Å². The molecule has 0 fully saturated rings. The summed E-state index contributed by atoms with van der Waals surface area (Å²) in [5.41, 5.74) is 0. The molecule has 0 spiro atoms. The summed E-state index contributed by atoms with van der Waals surface area (Å²) in [7, 11) is 1.66. The lowest BCUT2D eigenvalue weighted by Crippen LogP contribution is -2.22. The van der Waals surface area contributed by atoms with Crippen LogP contribution in [0.25, 0.3) is 0 Å². The topological polar surface area (TPSA) is 46.2 Å². The molecule has 0 aliphatic heterocycles. The number of nitrogens with zero attached hydrogens (tertiary/aromatic N) is 1. The maximum atomic E-state index is 6.10. The van der Waals surface area contributed by atoms with Crippen LogP contribution < -0.4 is 10.6 Å². The lowest BCUT2D eigenvalue weighted by molar-refractivity contribution is 0.190. The molecule has 4 nitrogen and oxygen atoms in total. The molecule has 0 aliphatic carbocycles. The minimum absolute atomic E-state index is 0.125. The normalized spacial score (nSPS) is 12.3. The molecule has 1 unspecified atom stereocenters. The second-order valence-electron chi connectivity index (χ2n) is 4.08. The van der Waals surface area contributed by atoms with Gasteiger partial charge in [0, 0.05) is 19.7 Å². The lowest BCUT2D eigenvalue weighted by atomic mass is 10.3. The number of hydrogen-bond donors (Lipinski definition) is 2. The van der Waals surface area contributed by atoms with Crippen LogP contribution in [-0.2, 0) is 4.74 Å². The van der Waals surface area contributed by atoms with E-state index in [1.165, 1.54) is 0 Å². The Morgan fingerprint density at radius 3 is 2.61 bits per heavy atom. The first kappa shape index (κ1) is 15.3. The van der Waals surface area contributed by atoms with Gasteiger partial charge in [0.25, 0.3) is 0 Å². The minimum atomic E-state index is 0.125. The third-order valence-electron chi connectivity index (χ3n) is 2.27. The van der Waals surface area contributed by atoms with Crippen molar-refractivity contribution < 1.29 is 4.74 Å². The number of methoxy groups -OCH3 is 1. The molecule has 1 rings (SSSR count). The molecule has 0 radical (unpaired) electrons. The van der Waals surface area contributed by atoms with Crippen LogP contribution in [0.5, 0.6) is 0 Å². The fraction of sp³-hybridized carbons (Fsp3) is 0.583. The largest absolute Gasteiger partial charge is 0.383 e. The van der Waals surface area contributed by atoms with Crippen molar-refractivity contribution in [2.75, 3.05) is 30.9 Å². The van der Waals surface area contributed by atoms with Gasteiger partial charge in [0.2, 0.25) is 0 Å². The van der Waals surface area contributed by atoms with Gasteiger partial charge in [-0.2, -0.15) is 0 Å². The van der Waals surface area contributed by atoms with Gasteiger partial charge in [0.15, 0.2) is 0 Å². The van der Waals surface area contributed by atoms with Gasteiger partial charge in [0.05, 0.1) is 16.7 Å². The standard InChI is InChI=1S/C12H19Cl2N3O/c1-4-5-15-11-9(13)6-10(14)12(17-11)16-8(2)7-18-3/h6,8H,4-5,7H2,1-3H3,(H2,15,16,17). The SMILES string of the molecule is CCCNc1nc(NC(C)COC)c(Cl)cc1Cl. The van der Waals surface area contributed by atoms with Crippen LogP contribution in [0.15, 0.2) is 6.07 Å². The number of aromatic nitrogens is 1. The van der Waals surface area contributed by atoms with E-state index < -0.39 is 0 Å². The van der Waals surface area contributed by atoms with Crippen LogP contribution in [0.1, 0.15) is 20.3 Å². The highest BCUT2D eigenvalue weighted by Gasteiger charge is 2.11. The van der Waals surface area contributed by atoms with Crippen LogP contribution in [0.2, 0.25) is 10.0 Å². The molecule has 0 saturated heterocycles. The first-order valence-electron chi connectivity index (χ1n) is 5.93. The van der Waals surface area contributed by atoms with E-state index in [1.54, 1.807) is 13.2 Å². The van der Waals surface area contributed by atoms with Gasteiger partial charge in [0.1, 0.15) is 11.6 Å². The van der Waals surface area contributed by atoms with Crippen LogP contribution in [0.4, 0.5) is 11.6 Å². The van der Waals surface area contributed by atoms with Gasteiger partial charge in [-0.15, -0.1) is 0 Å². The zero-order chi connectivity index (χ0) is 13.5. The molecule has 0 aliphatic rings. The number of nitrogens with one attached hydrogen (secondary N) is 2. The number of anilines is 2. The quantitative estimate of drug-likeness (QED) is 0.805. The molecule has 1 atom stereocenters. The summed E-state index contributed by atoms with van der Waals surface area (Å²) in [6, 6.07) is 1.82. The van der Waals surface area contributed by atoms with E-state index in [1.807, 2.05) is 6.92 Å². The summed E-state index contributed by atoms with van der Waals surface area (Å²) >= 11 is 12.2. The molecule has 6 heteroatoms. The van der Waals surface area contributed by atoms with Gasteiger partial charge in [-0.25, -0.2) is 4.98 Å². The summed E-state index contributed by atoms with van der Waals surface area (Å²) in [5, 5.41) is 7.38. The summed E-state index contributed by atoms with van der Waals surface area (Å²) in [4.78, 5) is 4.39. The predicted octanol–water partition coefficient (Wildman–Crippen LogP) is 3.66. The van der Waals surface area contributed by atoms with E-state index in [-0.39, 0.29) is 6.04 Å². The van der Waals surface area contributed by atoms with E-state index >= 15 is 0 Å². The van der Waals surface area contributed by atoms with Crippen molar-refractivity contribution in [3.63, 3.8) is 0 Å². The van der Waals surface area contributed by atoms with Crippen molar-refractivity contribution in [2.45, 2.75) is 26.3 Å². The first-order chi connectivity index (χ1) is 8.58. The Kier molecular flexibility index (Phi) is 6.54. The van der Waals surface area contributed by atoms with Crippen LogP contribution in [-0.4, -0.2) is 31.3 Å². The highest BCUT2D eigenvalue weighted by molar-refractivity contribution is 6.37. The molecule has 0 saturated carbocycles. The second kappa shape index (κ2) is 7.67. The number of rotatable bonds is 7. The fourth-order valence-electron chi connectivity index (χ4n) is 1.46. The molecular weight excluding hydrogens is 273 g/mol. The van der Waals surface area contributed by atoms with Gasteiger partial charge in [-0.3, -0.25) is 0 Å². The average Bonchev–Trinajstić information content (AvgIpc) is 2.31. The van der Waals surface area contributed by atoms with E-state index in [0.717, 1.165) is 13.0 Å². The van der Waals surface area contributed by atoms with Gasteiger partial charge in [-0.05, 0) is 19.4 Å². The Labute approximate surface area is 118 Å². The Morgan fingerprint density at radius 1 is 1.33 bits per heavy atom. The molecule has 0 aromatic carbocycles. The maximum Gasteiger partial charge on any atom is 0.147 e. The second-order valence-corrected chi connectivity index (χ2v) is 4.89. The van der Waals surface area contributed by atoms with Crippen LogP contribution in [0.3, 0.4) is 0 Å². The monoisotopic (exact) mass is 291 g/mol. The molecule has 0 bridgehead atoms. The van der Waals surface area contributed by atoms with Crippen molar-refractivity contribution in [3.05, 3.63) is 16.1 Å². The molecule has 1 aromatic rings. The molecule has 102 valence electrons. The van der Waals surface area contributed by atoms with Crippen molar-refractivity contribution in [1.82, 2.24) is 4.98 Å². The first-order valence-corrected chi connectivity index (χ1v) is 6.69. The van der Waals surface area contributed by atoms with Crippen LogP contribution in [0, 0.1) is 0 Å². The van der Waals surface area contributed by atoms with Crippen molar-refractivity contribution in [3.8, 4) is 0 Å². The molecule has 0 amide bonds. The maximum absolute atomic E-state index is 6.10. The lowest BCUT2D eigenvalue weighted by Gasteiger charge is -2.16. The van der Waals surface area contributed by atoms with Gasteiger partial charge in [-0.1, -0.05) is 30.1 Å². The number of ether oxygens (including phenoxy) is 1. The van der Waals surface area contributed by atoms with Crippen molar-refractivity contribution in [1.29, 1.82) is 0 Å². The number of hydrogen-bond acceptors (Lipinski definition) is 4. The highest BCUT2D eigenvalue weighted by atomic mass is 35.5. The Hall–Kier alpha value is -0.710. The Morgan fingerprint density at radius 2 is 2.00 bits per heavy atom. The predicted molar refractivity (Wildman–Crippen MR) is 78.0 cm³/mol. The molecule has 2 N–H and O–H groups in total. The number of halogens is 2. The van der Waals surface area contributed by atoms with Crippen molar-refractivity contribution in [2.24, 2.45) is 0 Å². The van der Waals surface area contributed by atoms with Crippen LogP contribution >= 0.6 is 23.2 Å². The Balaban J connectivity index is 2.83. The highest BCUT2D eigenvalue weighted by Crippen LogP contribution is 2.29. The molecule has 1 aromatic heterocycles. The van der Waals surface area contributed by atoms with E-state index in [0.29, 0.717) is 28.3 Å². The third kappa shape index (κ3) is 4.52. The van der Waals surface area contributed by atoms with Crippen molar-refractivity contribution >= 4 is 34.8 Å². The molecule has 1 heterocycles. The van der Waals surface area contributed by atoms with Gasteiger partial charge < -0.3 is 15.4 Å². The third-order valence-corrected chi connectivity index (χ3v) is 2.85.